The Labute approximate surface area is 147 Å². The van der Waals surface area contributed by atoms with Gasteiger partial charge in [-0.3, -0.25) is 9.13 Å². The summed E-state index contributed by atoms with van der Waals surface area (Å²) in [6.45, 7) is 0. The topological polar surface area (TPSA) is 34.1 Å². The summed E-state index contributed by atoms with van der Waals surface area (Å²) in [5, 5.41) is 5.80. The van der Waals surface area contributed by atoms with Crippen molar-refractivity contribution in [3.05, 3.63) is 71.8 Å². The van der Waals surface area contributed by atoms with Crippen LogP contribution in [0.25, 0.3) is 32.7 Å². The van der Waals surface area contributed by atoms with Crippen LogP contribution in [-0.4, -0.2) is 0 Å². The second-order valence-corrected chi connectivity index (χ2v) is 7.72. The molecule has 4 aromatic carbocycles. The van der Waals surface area contributed by atoms with Crippen molar-refractivity contribution in [3.63, 3.8) is 0 Å². The van der Waals surface area contributed by atoms with E-state index in [1.807, 2.05) is 24.3 Å². The summed E-state index contributed by atoms with van der Waals surface area (Å²) in [6.07, 6.45) is 0.851. The Morgan fingerprint density at radius 1 is 0.600 bits per heavy atom. The van der Waals surface area contributed by atoms with Crippen LogP contribution in [-0.2, 0) is 15.6 Å². The van der Waals surface area contributed by atoms with Gasteiger partial charge in [-0.15, -0.1) is 0 Å². The lowest BCUT2D eigenvalue weighted by Crippen LogP contribution is -2.07. The van der Waals surface area contributed by atoms with Gasteiger partial charge in [0.1, 0.15) is 0 Å². The first kappa shape index (κ1) is 14.9. The van der Waals surface area contributed by atoms with Crippen molar-refractivity contribution in [2.24, 2.45) is 0 Å². The van der Waals surface area contributed by atoms with E-state index in [4.69, 9.17) is 0 Å². The molecule has 0 aliphatic heterocycles. The third-order valence-corrected chi connectivity index (χ3v) is 6.12. The van der Waals surface area contributed by atoms with Crippen molar-refractivity contribution < 1.29 is 9.13 Å². The van der Waals surface area contributed by atoms with Gasteiger partial charge in [-0.25, -0.2) is 0 Å². The molecule has 0 unspecified atom stereocenters. The molecule has 0 N–H and O–H groups in total. The van der Waals surface area contributed by atoms with Crippen LogP contribution in [0.1, 0.15) is 11.1 Å². The highest BCUT2D eigenvalue weighted by Crippen LogP contribution is 2.37. The molecule has 25 heavy (non-hydrogen) atoms. The third-order valence-electron chi connectivity index (χ3n) is 4.98. The highest BCUT2D eigenvalue weighted by molar-refractivity contribution is 7.35. The molecule has 0 fully saturated rings. The van der Waals surface area contributed by atoms with Crippen molar-refractivity contribution in [1.29, 1.82) is 0 Å². The van der Waals surface area contributed by atoms with Gasteiger partial charge < -0.3 is 0 Å². The molecule has 2 nitrogen and oxygen atoms in total. The summed E-state index contributed by atoms with van der Waals surface area (Å²) in [7, 11) is -0.0542. The molecule has 4 heteroatoms. The average molecular weight is 358 g/mol. The van der Waals surface area contributed by atoms with Crippen LogP contribution >= 0.6 is 16.9 Å². The molecule has 0 saturated heterocycles. The molecule has 0 amide bonds. The Bertz CT molecular complexity index is 1120. The monoisotopic (exact) mass is 358 g/mol. The molecule has 1 aliphatic rings. The van der Waals surface area contributed by atoms with Gasteiger partial charge in [0.2, 0.25) is 0 Å². The number of hydrogen-bond acceptors (Lipinski definition) is 2. The van der Waals surface area contributed by atoms with E-state index in [2.05, 4.69) is 36.4 Å². The second-order valence-electron chi connectivity index (χ2n) is 6.39. The van der Waals surface area contributed by atoms with Gasteiger partial charge in [-0.1, -0.05) is 48.5 Å². The average Bonchev–Trinajstić information content (AvgIpc) is 2.71. The lowest BCUT2D eigenvalue weighted by molar-refractivity contribution is 0.602. The van der Waals surface area contributed by atoms with Gasteiger partial charge >= 0.3 is 0 Å². The molecule has 5 rings (SSSR count). The Hall–Kier alpha value is -2.40. The summed E-state index contributed by atoms with van der Waals surface area (Å²) in [5.74, 6) is 0. The van der Waals surface area contributed by atoms with E-state index in [1.54, 1.807) is 0 Å². The minimum atomic E-state index is -0.0271. The molecule has 4 bridgehead atoms. The molecule has 0 saturated carbocycles. The fraction of sp³-hybridized carbons (Fsp3) is 0.0476. The highest BCUT2D eigenvalue weighted by atomic mass is 31.1. The molecular formula is C21H12O2P2. The first-order valence-electron chi connectivity index (χ1n) is 8.07. The summed E-state index contributed by atoms with van der Waals surface area (Å²) in [5.41, 5.74) is 4.31. The predicted molar refractivity (Wildman–Crippen MR) is 104 cm³/mol. The summed E-state index contributed by atoms with van der Waals surface area (Å²) in [4.78, 5) is 0. The van der Waals surface area contributed by atoms with Crippen LogP contribution in [0.5, 0.6) is 0 Å². The summed E-state index contributed by atoms with van der Waals surface area (Å²) < 4.78 is 23.8. The van der Waals surface area contributed by atoms with E-state index in [-0.39, 0.29) is 16.9 Å². The van der Waals surface area contributed by atoms with Crippen LogP contribution in [0, 0.1) is 0 Å². The molecule has 0 aromatic heterocycles. The van der Waals surface area contributed by atoms with Crippen LogP contribution in [0.4, 0.5) is 0 Å². The molecule has 0 heterocycles. The second kappa shape index (κ2) is 5.56. The number of rotatable bonds is 2. The fourth-order valence-electron chi connectivity index (χ4n) is 3.84. The zero-order chi connectivity index (χ0) is 17.0. The lowest BCUT2D eigenvalue weighted by Gasteiger charge is -2.14. The number of fused-ring (bicyclic) bond motifs is 3. The quantitative estimate of drug-likeness (QED) is 0.396. The first-order valence-corrected chi connectivity index (χ1v) is 9.69. The van der Waals surface area contributed by atoms with Gasteiger partial charge in [-0.2, -0.15) is 0 Å². The SMILES string of the molecule is O=Pc1ccc2ccc3cc2c1-c1c(P=O)ccc2ccc(cc12)C3. The van der Waals surface area contributed by atoms with Gasteiger partial charge in [-0.05, 0) is 51.2 Å². The van der Waals surface area contributed by atoms with Crippen LogP contribution < -0.4 is 10.6 Å². The van der Waals surface area contributed by atoms with E-state index in [0.717, 1.165) is 49.7 Å². The standard InChI is InChI=1S/C21H12O2P2/c22-24-18-7-5-14-3-1-12-9-13-2-4-15-6-8-19(25-23)21(17(15)11-13)20(18)16(14)10-12/h1-8,10-11H,9H2. The first-order chi connectivity index (χ1) is 12.3. The van der Waals surface area contributed by atoms with Crippen molar-refractivity contribution in [2.45, 2.75) is 6.42 Å². The van der Waals surface area contributed by atoms with Gasteiger partial charge in [0, 0.05) is 11.1 Å². The Balaban J connectivity index is 2.11. The van der Waals surface area contributed by atoms with E-state index in [0.29, 0.717) is 0 Å². The van der Waals surface area contributed by atoms with Gasteiger partial charge in [0.05, 0.1) is 10.6 Å². The van der Waals surface area contributed by atoms with E-state index in [1.165, 1.54) is 11.1 Å². The highest BCUT2D eigenvalue weighted by Gasteiger charge is 2.19. The van der Waals surface area contributed by atoms with E-state index < -0.39 is 0 Å². The minimum absolute atomic E-state index is 0.0271. The molecule has 118 valence electrons. The predicted octanol–water partition coefficient (Wildman–Crippen LogP) is 5.40. The maximum atomic E-state index is 11.9. The van der Waals surface area contributed by atoms with Crippen molar-refractivity contribution in [3.8, 4) is 11.1 Å². The molecule has 0 radical (unpaired) electrons. The van der Waals surface area contributed by atoms with E-state index >= 15 is 0 Å². The van der Waals surface area contributed by atoms with Crippen LogP contribution in [0.15, 0.2) is 60.7 Å². The van der Waals surface area contributed by atoms with Crippen LogP contribution in [0.3, 0.4) is 0 Å². The van der Waals surface area contributed by atoms with Crippen molar-refractivity contribution in [2.75, 3.05) is 0 Å². The maximum Gasteiger partial charge on any atom is 0.192 e. The summed E-state index contributed by atoms with van der Waals surface area (Å²) >= 11 is 0. The molecular weight excluding hydrogens is 346 g/mol. The Morgan fingerprint density at radius 2 is 1.04 bits per heavy atom. The number of hydrogen-bond donors (Lipinski definition) is 0. The Morgan fingerprint density at radius 3 is 1.48 bits per heavy atom. The van der Waals surface area contributed by atoms with Crippen molar-refractivity contribution in [1.82, 2.24) is 0 Å². The van der Waals surface area contributed by atoms with Gasteiger partial charge in [0.25, 0.3) is 0 Å². The fourth-order valence-corrected chi connectivity index (χ4v) is 4.76. The lowest BCUT2D eigenvalue weighted by atomic mass is 9.94. The largest absolute Gasteiger partial charge is 0.269 e. The zero-order valence-electron chi connectivity index (χ0n) is 13.2. The normalized spacial score (nSPS) is 12.8. The molecule has 1 aliphatic carbocycles. The van der Waals surface area contributed by atoms with Crippen LogP contribution in [0.2, 0.25) is 0 Å². The maximum absolute atomic E-state index is 11.9. The molecule has 4 aromatic rings. The van der Waals surface area contributed by atoms with Gasteiger partial charge in [0.15, 0.2) is 16.9 Å². The minimum Gasteiger partial charge on any atom is -0.269 e. The summed E-state index contributed by atoms with van der Waals surface area (Å²) in [6, 6.07) is 20.7. The molecule has 0 spiro atoms. The Kier molecular flexibility index (Phi) is 3.31. The molecule has 0 atom stereocenters. The van der Waals surface area contributed by atoms with E-state index in [9.17, 15) is 9.13 Å². The zero-order valence-corrected chi connectivity index (χ0v) is 15.0. The third kappa shape index (κ3) is 2.19. The van der Waals surface area contributed by atoms with Crippen molar-refractivity contribution >= 4 is 49.1 Å². The smallest absolute Gasteiger partial charge is 0.192 e. The number of benzene rings is 4.